The van der Waals surface area contributed by atoms with E-state index >= 15 is 0 Å². The van der Waals surface area contributed by atoms with Crippen LogP contribution < -0.4 is 5.73 Å². The minimum Gasteiger partial charge on any atom is -0.399 e. The zero-order chi connectivity index (χ0) is 12.3. The van der Waals surface area contributed by atoms with Crippen LogP contribution in [0.4, 0.5) is 5.69 Å². The van der Waals surface area contributed by atoms with Crippen LogP contribution >= 0.6 is 27.7 Å². The predicted octanol–water partition coefficient (Wildman–Crippen LogP) is 4.74. The Labute approximate surface area is 115 Å². The number of benzene rings is 2. The smallest absolute Gasteiger partial charge is 0.0317 e. The summed E-state index contributed by atoms with van der Waals surface area (Å²) in [5, 5.41) is 0. The summed E-state index contributed by atoms with van der Waals surface area (Å²) in [6.07, 6.45) is 1.06. The molecular formula is C14H14BrNS. The summed E-state index contributed by atoms with van der Waals surface area (Å²) in [6, 6.07) is 14.4. The van der Waals surface area contributed by atoms with Crippen molar-refractivity contribution in [3.8, 4) is 0 Å². The third-order valence-corrected chi connectivity index (χ3v) is 4.51. The van der Waals surface area contributed by atoms with Crippen LogP contribution in [0.5, 0.6) is 0 Å². The van der Waals surface area contributed by atoms with Gasteiger partial charge in [0.05, 0.1) is 0 Å². The molecule has 1 nitrogen and oxygen atoms in total. The molecule has 0 radical (unpaired) electrons. The van der Waals surface area contributed by atoms with Crippen molar-refractivity contribution in [2.75, 3.05) is 5.73 Å². The van der Waals surface area contributed by atoms with Crippen molar-refractivity contribution >= 4 is 33.4 Å². The number of hydrogen-bond acceptors (Lipinski definition) is 2. The monoisotopic (exact) mass is 307 g/mol. The van der Waals surface area contributed by atoms with Crippen LogP contribution in [0.3, 0.4) is 0 Å². The highest BCUT2D eigenvalue weighted by molar-refractivity contribution is 9.10. The molecule has 2 rings (SSSR count). The molecule has 0 aliphatic carbocycles. The summed E-state index contributed by atoms with van der Waals surface area (Å²) < 4.78 is 1.15. The summed E-state index contributed by atoms with van der Waals surface area (Å²) in [5.74, 6) is 0. The Kier molecular flexibility index (Phi) is 4.13. The lowest BCUT2D eigenvalue weighted by Crippen LogP contribution is -1.84. The summed E-state index contributed by atoms with van der Waals surface area (Å²) in [7, 11) is 0. The molecule has 0 bridgehead atoms. The molecule has 17 heavy (non-hydrogen) atoms. The molecule has 2 aromatic carbocycles. The molecule has 0 atom stereocenters. The molecular weight excluding hydrogens is 294 g/mol. The van der Waals surface area contributed by atoms with Crippen molar-refractivity contribution in [2.24, 2.45) is 0 Å². The molecule has 0 spiro atoms. The van der Waals surface area contributed by atoms with Crippen molar-refractivity contribution in [3.63, 3.8) is 0 Å². The van der Waals surface area contributed by atoms with E-state index in [1.54, 1.807) is 11.8 Å². The quantitative estimate of drug-likeness (QED) is 0.828. The number of nitrogens with two attached hydrogens (primary N) is 1. The zero-order valence-electron chi connectivity index (χ0n) is 9.61. The summed E-state index contributed by atoms with van der Waals surface area (Å²) in [5.41, 5.74) is 7.82. The fourth-order valence-corrected chi connectivity index (χ4v) is 3.00. The molecule has 0 amide bonds. The van der Waals surface area contributed by atoms with Gasteiger partial charge in [-0.3, -0.25) is 0 Å². The van der Waals surface area contributed by atoms with Crippen molar-refractivity contribution in [3.05, 3.63) is 52.5 Å². The molecule has 0 saturated heterocycles. The van der Waals surface area contributed by atoms with Gasteiger partial charge in [0.2, 0.25) is 0 Å². The fourth-order valence-electron chi connectivity index (χ4n) is 1.51. The van der Waals surface area contributed by atoms with E-state index in [1.165, 1.54) is 15.4 Å². The van der Waals surface area contributed by atoms with Crippen LogP contribution in [0, 0.1) is 0 Å². The highest BCUT2D eigenvalue weighted by Gasteiger charge is 2.03. The average molecular weight is 308 g/mol. The van der Waals surface area contributed by atoms with E-state index < -0.39 is 0 Å². The van der Waals surface area contributed by atoms with Gasteiger partial charge in [-0.1, -0.05) is 24.8 Å². The number of hydrogen-bond donors (Lipinski definition) is 1. The lowest BCUT2D eigenvalue weighted by Gasteiger charge is -2.06. The van der Waals surface area contributed by atoms with Crippen LogP contribution in [0.1, 0.15) is 12.5 Å². The van der Waals surface area contributed by atoms with Crippen molar-refractivity contribution in [2.45, 2.75) is 23.1 Å². The summed E-state index contributed by atoms with van der Waals surface area (Å²) in [4.78, 5) is 2.43. The normalized spacial score (nSPS) is 10.5. The molecule has 3 heteroatoms. The first-order valence-corrected chi connectivity index (χ1v) is 7.12. The van der Waals surface area contributed by atoms with Crippen LogP contribution in [0.2, 0.25) is 0 Å². The number of halogens is 1. The Bertz CT molecular complexity index is 508. The van der Waals surface area contributed by atoms with Gasteiger partial charge in [0, 0.05) is 20.0 Å². The minimum absolute atomic E-state index is 0.801. The Balaban J connectivity index is 2.21. The standard InChI is InChI=1S/C14H14BrNS/c1-2-10-3-8-14(13(15)9-10)17-12-6-4-11(16)5-7-12/h3-9H,2,16H2,1H3. The number of nitrogen functional groups attached to an aromatic ring is 1. The van der Waals surface area contributed by atoms with Gasteiger partial charge in [0.15, 0.2) is 0 Å². The molecule has 0 heterocycles. The molecule has 0 aromatic heterocycles. The van der Waals surface area contributed by atoms with E-state index in [4.69, 9.17) is 5.73 Å². The average Bonchev–Trinajstić information content (AvgIpc) is 2.34. The Morgan fingerprint density at radius 3 is 2.41 bits per heavy atom. The summed E-state index contributed by atoms with van der Waals surface area (Å²) >= 11 is 5.35. The van der Waals surface area contributed by atoms with E-state index in [-0.39, 0.29) is 0 Å². The maximum absolute atomic E-state index is 5.67. The Hall–Kier alpha value is -0.930. The van der Waals surface area contributed by atoms with E-state index in [2.05, 4.69) is 41.1 Å². The van der Waals surface area contributed by atoms with Gasteiger partial charge in [-0.2, -0.15) is 0 Å². The first-order valence-electron chi connectivity index (χ1n) is 5.51. The molecule has 0 saturated carbocycles. The van der Waals surface area contributed by atoms with E-state index in [1.807, 2.05) is 24.3 Å². The van der Waals surface area contributed by atoms with Gasteiger partial charge in [-0.25, -0.2) is 0 Å². The second-order valence-corrected chi connectivity index (χ2v) is 5.76. The molecule has 2 N–H and O–H groups in total. The van der Waals surface area contributed by atoms with Crippen molar-refractivity contribution in [1.82, 2.24) is 0 Å². The summed E-state index contributed by atoms with van der Waals surface area (Å²) in [6.45, 7) is 2.16. The van der Waals surface area contributed by atoms with Crippen molar-refractivity contribution in [1.29, 1.82) is 0 Å². The fraction of sp³-hybridized carbons (Fsp3) is 0.143. The van der Waals surface area contributed by atoms with Gasteiger partial charge in [0.1, 0.15) is 0 Å². The third kappa shape index (κ3) is 3.27. The van der Waals surface area contributed by atoms with Crippen LogP contribution in [-0.4, -0.2) is 0 Å². The number of aryl methyl sites for hydroxylation is 1. The SMILES string of the molecule is CCc1ccc(Sc2ccc(N)cc2)c(Br)c1. The molecule has 2 aromatic rings. The third-order valence-electron chi connectivity index (χ3n) is 2.51. The van der Waals surface area contributed by atoms with Gasteiger partial charge in [-0.05, 0) is 64.3 Å². The highest BCUT2D eigenvalue weighted by atomic mass is 79.9. The van der Waals surface area contributed by atoms with Gasteiger partial charge >= 0.3 is 0 Å². The maximum Gasteiger partial charge on any atom is 0.0317 e. The van der Waals surface area contributed by atoms with E-state index in [0.29, 0.717) is 0 Å². The van der Waals surface area contributed by atoms with E-state index in [0.717, 1.165) is 16.6 Å². The largest absolute Gasteiger partial charge is 0.399 e. The zero-order valence-corrected chi connectivity index (χ0v) is 12.0. The molecule has 0 aliphatic rings. The van der Waals surface area contributed by atoms with Gasteiger partial charge < -0.3 is 5.73 Å². The first-order chi connectivity index (χ1) is 8.19. The lowest BCUT2D eigenvalue weighted by molar-refractivity contribution is 1.12. The highest BCUT2D eigenvalue weighted by Crippen LogP contribution is 2.34. The van der Waals surface area contributed by atoms with Crippen molar-refractivity contribution < 1.29 is 0 Å². The molecule has 0 fully saturated rings. The van der Waals surface area contributed by atoms with Crippen LogP contribution in [0.15, 0.2) is 56.7 Å². The van der Waals surface area contributed by atoms with Crippen LogP contribution in [0.25, 0.3) is 0 Å². The second kappa shape index (κ2) is 5.61. The van der Waals surface area contributed by atoms with Crippen LogP contribution in [-0.2, 0) is 6.42 Å². The Morgan fingerprint density at radius 2 is 1.82 bits per heavy atom. The second-order valence-electron chi connectivity index (χ2n) is 3.79. The minimum atomic E-state index is 0.801. The molecule has 0 aliphatic heterocycles. The molecule has 0 unspecified atom stereocenters. The van der Waals surface area contributed by atoms with Gasteiger partial charge in [-0.15, -0.1) is 0 Å². The number of rotatable bonds is 3. The first kappa shape index (κ1) is 12.5. The maximum atomic E-state index is 5.67. The lowest BCUT2D eigenvalue weighted by atomic mass is 10.2. The van der Waals surface area contributed by atoms with Gasteiger partial charge in [0.25, 0.3) is 0 Å². The topological polar surface area (TPSA) is 26.0 Å². The Morgan fingerprint density at radius 1 is 1.12 bits per heavy atom. The molecule has 88 valence electrons. The number of anilines is 1. The predicted molar refractivity (Wildman–Crippen MR) is 78.5 cm³/mol. The van der Waals surface area contributed by atoms with E-state index in [9.17, 15) is 0 Å².